The van der Waals surface area contributed by atoms with Gasteiger partial charge >= 0.3 is 6.09 Å². The molecule has 0 aromatic heterocycles. The topological polar surface area (TPSA) is 130 Å². The standard InChI is InChI=1S/C27H40N4O6/c1-16(2)21(23(32)25-28-18(5)14-36-25)29-24(33)20-12-9-13-31(20)26(34)22(17(3)4)30-27(35)37-15-19-10-7-6-8-11-19/h6-8,10-11,16-18,20-23,32H,9,12-15H2,1-5H3,(H,29,33)(H,30,35)/t18-,20-,21-,22-,23?/m0/s1. The number of nitrogens with zero attached hydrogens (tertiary/aromatic N) is 2. The number of rotatable bonds is 10. The van der Waals surface area contributed by atoms with Crippen LogP contribution >= 0.6 is 0 Å². The molecule has 0 saturated carbocycles. The van der Waals surface area contributed by atoms with Gasteiger partial charge in [0.15, 0.2) is 0 Å². The lowest BCUT2D eigenvalue weighted by atomic mass is 9.97. The fraction of sp³-hybridized carbons (Fsp3) is 0.630. The van der Waals surface area contributed by atoms with Crippen molar-refractivity contribution in [1.29, 1.82) is 0 Å². The molecule has 10 nitrogen and oxygen atoms in total. The summed E-state index contributed by atoms with van der Waals surface area (Å²) in [6.07, 6.45) is -0.611. The van der Waals surface area contributed by atoms with E-state index < -0.39 is 30.3 Å². The fourth-order valence-corrected chi connectivity index (χ4v) is 4.57. The molecule has 2 heterocycles. The van der Waals surface area contributed by atoms with Crippen molar-refractivity contribution in [3.63, 3.8) is 0 Å². The molecule has 2 aliphatic heterocycles. The van der Waals surface area contributed by atoms with Crippen LogP contribution in [0.1, 0.15) is 53.0 Å². The summed E-state index contributed by atoms with van der Waals surface area (Å²) >= 11 is 0. The summed E-state index contributed by atoms with van der Waals surface area (Å²) in [7, 11) is 0. The van der Waals surface area contributed by atoms with E-state index in [4.69, 9.17) is 9.47 Å². The maximum atomic E-state index is 13.5. The van der Waals surface area contributed by atoms with E-state index in [2.05, 4.69) is 15.6 Å². The summed E-state index contributed by atoms with van der Waals surface area (Å²) in [6.45, 7) is 10.2. The van der Waals surface area contributed by atoms with Gasteiger partial charge in [-0.05, 0) is 37.2 Å². The smallest absolute Gasteiger partial charge is 0.408 e. The number of hydrogen-bond acceptors (Lipinski definition) is 7. The van der Waals surface area contributed by atoms with Gasteiger partial charge in [0, 0.05) is 6.54 Å². The molecule has 3 N–H and O–H groups in total. The van der Waals surface area contributed by atoms with E-state index in [9.17, 15) is 19.5 Å². The normalized spacial score (nSPS) is 21.7. The van der Waals surface area contributed by atoms with Crippen LogP contribution in [0.4, 0.5) is 4.79 Å². The minimum atomic E-state index is -1.08. The lowest BCUT2D eigenvalue weighted by molar-refractivity contribution is -0.141. The van der Waals surface area contributed by atoms with Crippen molar-refractivity contribution in [1.82, 2.24) is 15.5 Å². The first-order chi connectivity index (χ1) is 17.6. The molecule has 0 radical (unpaired) electrons. The molecular weight excluding hydrogens is 476 g/mol. The SMILES string of the molecule is CC(C)[C@H](NC(=O)[C@@H]1CCCN1C(=O)[C@@H](NC(=O)OCc1ccccc1)C(C)C)C(O)C1=N[C@@H](C)CO1. The molecule has 37 heavy (non-hydrogen) atoms. The number of benzene rings is 1. The largest absolute Gasteiger partial charge is 0.477 e. The highest BCUT2D eigenvalue weighted by Crippen LogP contribution is 2.22. The Labute approximate surface area is 218 Å². The van der Waals surface area contributed by atoms with Gasteiger partial charge in [-0.15, -0.1) is 0 Å². The molecule has 5 atom stereocenters. The highest BCUT2D eigenvalue weighted by atomic mass is 16.5. The van der Waals surface area contributed by atoms with Crippen LogP contribution in [-0.2, 0) is 25.7 Å². The molecule has 1 aromatic carbocycles. The number of aliphatic hydroxyl groups is 1. The van der Waals surface area contributed by atoms with Crippen molar-refractivity contribution in [2.45, 2.75) is 84.3 Å². The Morgan fingerprint density at radius 3 is 2.43 bits per heavy atom. The third kappa shape index (κ3) is 7.44. The molecule has 3 rings (SSSR count). The summed E-state index contributed by atoms with van der Waals surface area (Å²) < 4.78 is 10.8. The number of aliphatic imine (C=N–C) groups is 1. The lowest BCUT2D eigenvalue weighted by Crippen LogP contribution is -2.58. The van der Waals surface area contributed by atoms with Gasteiger partial charge in [0.1, 0.15) is 31.4 Å². The van der Waals surface area contributed by atoms with Crippen molar-refractivity contribution >= 4 is 23.8 Å². The maximum absolute atomic E-state index is 13.5. The zero-order valence-electron chi connectivity index (χ0n) is 22.3. The monoisotopic (exact) mass is 516 g/mol. The molecule has 1 fully saturated rings. The van der Waals surface area contributed by atoms with Gasteiger partial charge in [0.05, 0.1) is 12.1 Å². The van der Waals surface area contributed by atoms with Crippen LogP contribution in [0.25, 0.3) is 0 Å². The van der Waals surface area contributed by atoms with Gasteiger partial charge < -0.3 is 30.1 Å². The quantitative estimate of drug-likeness (QED) is 0.437. The number of nitrogens with one attached hydrogen (secondary N) is 2. The van der Waals surface area contributed by atoms with E-state index in [0.29, 0.717) is 26.0 Å². The average molecular weight is 517 g/mol. The van der Waals surface area contributed by atoms with E-state index in [0.717, 1.165) is 5.56 Å². The highest BCUT2D eigenvalue weighted by Gasteiger charge is 2.41. The second kappa shape index (κ2) is 12.9. The summed E-state index contributed by atoms with van der Waals surface area (Å²) in [6, 6.07) is 7.07. The number of alkyl carbamates (subject to hydrolysis) is 1. The highest BCUT2D eigenvalue weighted by molar-refractivity contribution is 5.92. The first kappa shape index (κ1) is 28.4. The zero-order chi connectivity index (χ0) is 27.1. The number of ether oxygens (including phenoxy) is 2. The molecule has 1 unspecified atom stereocenters. The minimum absolute atomic E-state index is 0.0454. The van der Waals surface area contributed by atoms with E-state index in [-0.39, 0.29) is 42.2 Å². The van der Waals surface area contributed by atoms with E-state index in [1.165, 1.54) is 4.90 Å². The molecule has 204 valence electrons. The molecule has 1 saturated heterocycles. The Morgan fingerprint density at radius 1 is 1.14 bits per heavy atom. The molecule has 10 heteroatoms. The van der Waals surface area contributed by atoms with Gasteiger partial charge in [-0.2, -0.15) is 0 Å². The molecule has 1 aromatic rings. The molecule has 3 amide bonds. The third-order valence-electron chi connectivity index (χ3n) is 6.70. The van der Waals surface area contributed by atoms with Crippen LogP contribution in [0.2, 0.25) is 0 Å². The van der Waals surface area contributed by atoms with Gasteiger partial charge in [0.2, 0.25) is 17.7 Å². The lowest BCUT2D eigenvalue weighted by Gasteiger charge is -2.32. The van der Waals surface area contributed by atoms with Crippen molar-refractivity contribution in [3.8, 4) is 0 Å². The maximum Gasteiger partial charge on any atom is 0.408 e. The van der Waals surface area contributed by atoms with Crippen molar-refractivity contribution in [2.24, 2.45) is 16.8 Å². The molecule has 0 aliphatic carbocycles. The van der Waals surface area contributed by atoms with Crippen LogP contribution in [0.3, 0.4) is 0 Å². The number of amides is 3. The van der Waals surface area contributed by atoms with Crippen LogP contribution in [0.5, 0.6) is 0 Å². The molecule has 0 bridgehead atoms. The number of carbonyl (C=O) groups is 3. The van der Waals surface area contributed by atoms with Crippen molar-refractivity contribution in [2.75, 3.05) is 13.2 Å². The summed E-state index contributed by atoms with van der Waals surface area (Å²) in [5, 5.41) is 16.5. The van der Waals surface area contributed by atoms with Crippen LogP contribution < -0.4 is 10.6 Å². The second-order valence-corrected chi connectivity index (χ2v) is 10.5. The minimum Gasteiger partial charge on any atom is -0.477 e. The summed E-state index contributed by atoms with van der Waals surface area (Å²) in [5.41, 5.74) is 0.840. The van der Waals surface area contributed by atoms with Crippen molar-refractivity contribution < 1.29 is 29.0 Å². The number of hydrogen-bond donors (Lipinski definition) is 3. The number of carbonyl (C=O) groups excluding carboxylic acids is 3. The number of aliphatic hydroxyl groups excluding tert-OH is 1. The predicted octanol–water partition coefficient (Wildman–Crippen LogP) is 2.25. The van der Waals surface area contributed by atoms with E-state index >= 15 is 0 Å². The third-order valence-corrected chi connectivity index (χ3v) is 6.70. The van der Waals surface area contributed by atoms with E-state index in [1.54, 1.807) is 0 Å². The first-order valence-electron chi connectivity index (χ1n) is 13.0. The Kier molecular flexibility index (Phi) is 9.91. The number of likely N-dealkylation sites (tertiary alicyclic amines) is 1. The van der Waals surface area contributed by atoms with Crippen LogP contribution in [-0.4, -0.2) is 77.2 Å². The molecule has 0 spiro atoms. The summed E-state index contributed by atoms with van der Waals surface area (Å²) in [5.74, 6) is -0.765. The Hall–Kier alpha value is -3.14. The second-order valence-electron chi connectivity index (χ2n) is 10.5. The van der Waals surface area contributed by atoms with Crippen LogP contribution in [0.15, 0.2) is 35.3 Å². The molecular formula is C27H40N4O6. The Bertz CT molecular complexity index is 967. The first-order valence-corrected chi connectivity index (χ1v) is 13.0. The Morgan fingerprint density at radius 2 is 1.84 bits per heavy atom. The zero-order valence-corrected chi connectivity index (χ0v) is 22.3. The van der Waals surface area contributed by atoms with Crippen molar-refractivity contribution in [3.05, 3.63) is 35.9 Å². The fourth-order valence-electron chi connectivity index (χ4n) is 4.57. The van der Waals surface area contributed by atoms with E-state index in [1.807, 2.05) is 65.0 Å². The predicted molar refractivity (Wildman–Crippen MR) is 139 cm³/mol. The Balaban J connectivity index is 1.64. The molecule has 2 aliphatic rings. The van der Waals surface area contributed by atoms with Gasteiger partial charge in [-0.1, -0.05) is 58.0 Å². The average Bonchev–Trinajstić information content (AvgIpc) is 3.53. The van der Waals surface area contributed by atoms with Gasteiger partial charge in [-0.3, -0.25) is 9.59 Å². The van der Waals surface area contributed by atoms with Gasteiger partial charge in [-0.25, -0.2) is 9.79 Å². The van der Waals surface area contributed by atoms with Gasteiger partial charge in [0.25, 0.3) is 0 Å². The van der Waals surface area contributed by atoms with Crippen LogP contribution in [0, 0.1) is 11.8 Å². The summed E-state index contributed by atoms with van der Waals surface area (Å²) in [4.78, 5) is 45.1.